The lowest BCUT2D eigenvalue weighted by atomic mass is 10.1. The van der Waals surface area contributed by atoms with Crippen LogP contribution in [0.2, 0.25) is 0 Å². The second kappa shape index (κ2) is 10.8. The van der Waals surface area contributed by atoms with Gasteiger partial charge in [0.15, 0.2) is 0 Å². The Balaban J connectivity index is 2.17. The van der Waals surface area contributed by atoms with Gasteiger partial charge in [-0.3, -0.25) is 4.18 Å². The van der Waals surface area contributed by atoms with Gasteiger partial charge < -0.3 is 0 Å². The average molecular weight is 327 g/mol. The maximum atomic E-state index is 12.1. The van der Waals surface area contributed by atoms with Crippen LogP contribution in [-0.2, 0) is 14.3 Å². The van der Waals surface area contributed by atoms with Crippen LogP contribution in [0.1, 0.15) is 71.6 Å². The molecule has 3 nitrogen and oxygen atoms in total. The predicted molar refractivity (Wildman–Crippen MR) is 91.4 cm³/mol. The van der Waals surface area contributed by atoms with Crippen molar-refractivity contribution in [1.29, 1.82) is 0 Å². The van der Waals surface area contributed by atoms with Gasteiger partial charge in [0.1, 0.15) is 0 Å². The Morgan fingerprint density at radius 2 is 1.45 bits per heavy atom. The summed E-state index contributed by atoms with van der Waals surface area (Å²) in [5, 5.41) is 0. The minimum atomic E-state index is -3.62. The first-order valence-corrected chi connectivity index (χ1v) is 9.95. The zero-order chi connectivity index (χ0) is 16.3. The van der Waals surface area contributed by atoms with Gasteiger partial charge in [-0.15, -0.1) is 0 Å². The SMILES string of the molecule is CCCCCCCCCCC(C)OS(=O)(=O)c1ccccc1. The van der Waals surface area contributed by atoms with Crippen LogP contribution in [0.15, 0.2) is 35.2 Å². The number of hydrogen-bond donors (Lipinski definition) is 0. The summed E-state index contributed by atoms with van der Waals surface area (Å²) < 4.78 is 29.4. The molecule has 0 aromatic heterocycles. The molecular weight excluding hydrogens is 296 g/mol. The summed E-state index contributed by atoms with van der Waals surface area (Å²) in [7, 11) is -3.62. The van der Waals surface area contributed by atoms with E-state index in [2.05, 4.69) is 6.92 Å². The third-order valence-electron chi connectivity index (χ3n) is 3.79. The Hall–Kier alpha value is -0.870. The van der Waals surface area contributed by atoms with Crippen LogP contribution in [0, 0.1) is 0 Å². The Bertz CT molecular complexity index is 482. The molecule has 0 aliphatic heterocycles. The number of unbranched alkanes of at least 4 members (excludes halogenated alkanes) is 7. The normalized spacial score (nSPS) is 13.2. The molecule has 4 heteroatoms. The van der Waals surface area contributed by atoms with Gasteiger partial charge in [-0.1, -0.05) is 76.5 Å². The highest BCUT2D eigenvalue weighted by Gasteiger charge is 2.18. The monoisotopic (exact) mass is 326 g/mol. The maximum absolute atomic E-state index is 12.1. The third-order valence-corrected chi connectivity index (χ3v) is 5.22. The lowest BCUT2D eigenvalue weighted by molar-refractivity contribution is 0.213. The Morgan fingerprint density at radius 3 is 2.05 bits per heavy atom. The van der Waals surface area contributed by atoms with E-state index in [-0.39, 0.29) is 11.0 Å². The van der Waals surface area contributed by atoms with Crippen LogP contribution in [0.25, 0.3) is 0 Å². The molecule has 0 amide bonds. The molecule has 0 heterocycles. The highest BCUT2D eigenvalue weighted by Crippen LogP contribution is 2.17. The molecule has 22 heavy (non-hydrogen) atoms. The molecule has 1 rings (SSSR count). The summed E-state index contributed by atoms with van der Waals surface area (Å²) in [6, 6.07) is 8.35. The first-order chi connectivity index (χ1) is 10.6. The van der Waals surface area contributed by atoms with Gasteiger partial charge in [-0.25, -0.2) is 0 Å². The summed E-state index contributed by atoms with van der Waals surface area (Å²) in [5.74, 6) is 0. The molecule has 1 unspecified atom stereocenters. The largest absolute Gasteiger partial charge is 0.297 e. The number of rotatable bonds is 12. The lowest BCUT2D eigenvalue weighted by Crippen LogP contribution is -2.15. The van der Waals surface area contributed by atoms with Gasteiger partial charge in [0.2, 0.25) is 0 Å². The standard InChI is InChI=1S/C18H30O3S/c1-3-4-5-6-7-8-9-11-14-17(2)21-22(19,20)18-15-12-10-13-16-18/h10,12-13,15-17H,3-9,11,14H2,1-2H3. The smallest absolute Gasteiger partial charge is 0.263 e. The van der Waals surface area contributed by atoms with Gasteiger partial charge in [-0.2, -0.15) is 8.42 Å². The average Bonchev–Trinajstić information content (AvgIpc) is 2.50. The molecule has 0 saturated carbocycles. The van der Waals surface area contributed by atoms with Gasteiger partial charge >= 0.3 is 0 Å². The molecule has 0 aliphatic rings. The van der Waals surface area contributed by atoms with Crippen molar-refractivity contribution in [3.8, 4) is 0 Å². The minimum Gasteiger partial charge on any atom is -0.263 e. The van der Waals surface area contributed by atoms with Crippen molar-refractivity contribution < 1.29 is 12.6 Å². The van der Waals surface area contributed by atoms with Gasteiger partial charge in [0.05, 0.1) is 11.0 Å². The predicted octanol–water partition coefficient (Wildman–Crippen LogP) is 5.31. The van der Waals surface area contributed by atoms with Gasteiger partial charge in [0, 0.05) is 0 Å². The second-order valence-electron chi connectivity index (χ2n) is 5.94. The van der Waals surface area contributed by atoms with E-state index in [4.69, 9.17) is 4.18 Å². The van der Waals surface area contributed by atoms with E-state index in [1.54, 1.807) is 30.3 Å². The summed E-state index contributed by atoms with van der Waals surface area (Å²) in [5.41, 5.74) is 0. The zero-order valence-electron chi connectivity index (χ0n) is 14.0. The minimum absolute atomic E-state index is 0.234. The van der Waals surface area contributed by atoms with Crippen LogP contribution in [-0.4, -0.2) is 14.5 Å². The van der Waals surface area contributed by atoms with E-state index < -0.39 is 10.1 Å². The zero-order valence-corrected chi connectivity index (χ0v) is 14.8. The highest BCUT2D eigenvalue weighted by molar-refractivity contribution is 7.86. The van der Waals surface area contributed by atoms with Crippen LogP contribution >= 0.6 is 0 Å². The van der Waals surface area contributed by atoms with Crippen molar-refractivity contribution in [1.82, 2.24) is 0 Å². The molecule has 126 valence electrons. The van der Waals surface area contributed by atoms with E-state index in [0.717, 1.165) is 19.3 Å². The number of benzene rings is 1. The molecule has 0 aliphatic carbocycles. The van der Waals surface area contributed by atoms with Crippen molar-refractivity contribution >= 4 is 10.1 Å². The van der Waals surface area contributed by atoms with Crippen LogP contribution < -0.4 is 0 Å². The molecule has 1 aromatic rings. The molecule has 0 fully saturated rings. The van der Waals surface area contributed by atoms with Crippen molar-refractivity contribution in [3.63, 3.8) is 0 Å². The first-order valence-electron chi connectivity index (χ1n) is 8.54. The second-order valence-corrected chi connectivity index (χ2v) is 7.51. The van der Waals surface area contributed by atoms with E-state index >= 15 is 0 Å². The van der Waals surface area contributed by atoms with E-state index in [1.807, 2.05) is 6.92 Å². The Morgan fingerprint density at radius 1 is 0.909 bits per heavy atom. The molecule has 0 spiro atoms. The Kier molecular flexibility index (Phi) is 9.41. The van der Waals surface area contributed by atoms with Crippen molar-refractivity contribution in [2.45, 2.75) is 82.6 Å². The summed E-state index contributed by atoms with van der Waals surface area (Å²) >= 11 is 0. The molecular formula is C18H30O3S. The molecule has 0 N–H and O–H groups in total. The molecule has 0 saturated heterocycles. The van der Waals surface area contributed by atoms with Gasteiger partial charge in [0.25, 0.3) is 10.1 Å². The fourth-order valence-corrected chi connectivity index (χ4v) is 3.60. The quantitative estimate of drug-likeness (QED) is 0.386. The van der Waals surface area contributed by atoms with Crippen molar-refractivity contribution in [3.05, 3.63) is 30.3 Å². The van der Waals surface area contributed by atoms with E-state index in [0.29, 0.717) is 0 Å². The Labute approximate surface area is 136 Å². The van der Waals surface area contributed by atoms with E-state index in [9.17, 15) is 8.42 Å². The highest BCUT2D eigenvalue weighted by atomic mass is 32.2. The third kappa shape index (κ3) is 7.95. The van der Waals surface area contributed by atoms with Crippen LogP contribution in [0.4, 0.5) is 0 Å². The lowest BCUT2D eigenvalue weighted by Gasteiger charge is -2.13. The maximum Gasteiger partial charge on any atom is 0.297 e. The topological polar surface area (TPSA) is 43.4 Å². The number of hydrogen-bond acceptors (Lipinski definition) is 3. The summed E-state index contributed by atoms with van der Waals surface area (Å²) in [4.78, 5) is 0.234. The summed E-state index contributed by atoms with van der Waals surface area (Å²) in [6.45, 7) is 4.06. The van der Waals surface area contributed by atoms with Crippen LogP contribution in [0.5, 0.6) is 0 Å². The van der Waals surface area contributed by atoms with Crippen LogP contribution in [0.3, 0.4) is 0 Å². The molecule has 1 atom stereocenters. The molecule has 1 aromatic carbocycles. The first kappa shape index (κ1) is 19.2. The fraction of sp³-hybridized carbons (Fsp3) is 0.667. The van der Waals surface area contributed by atoms with Crippen molar-refractivity contribution in [2.75, 3.05) is 0 Å². The van der Waals surface area contributed by atoms with E-state index in [1.165, 1.54) is 38.5 Å². The molecule has 0 bridgehead atoms. The van der Waals surface area contributed by atoms with Gasteiger partial charge in [-0.05, 0) is 25.5 Å². The molecule has 0 radical (unpaired) electrons. The fourth-order valence-electron chi connectivity index (χ4n) is 2.47. The van der Waals surface area contributed by atoms with Crippen molar-refractivity contribution in [2.24, 2.45) is 0 Å². The summed E-state index contributed by atoms with van der Waals surface area (Å²) in [6.07, 6.45) is 10.5.